The molecular weight excluding hydrogens is 220 g/mol. The van der Waals surface area contributed by atoms with Gasteiger partial charge in [-0.05, 0) is 43.5 Å². The van der Waals surface area contributed by atoms with Crippen molar-refractivity contribution in [1.82, 2.24) is 0 Å². The van der Waals surface area contributed by atoms with Gasteiger partial charge in [0, 0.05) is 17.4 Å². The second kappa shape index (κ2) is 6.50. The van der Waals surface area contributed by atoms with Gasteiger partial charge in [0.1, 0.15) is 0 Å². The van der Waals surface area contributed by atoms with Gasteiger partial charge in [-0.3, -0.25) is 0 Å². The number of rotatable bonds is 5. The Morgan fingerprint density at radius 2 is 1.39 bits per heavy atom. The highest BCUT2D eigenvalue weighted by molar-refractivity contribution is 5.46. The fourth-order valence-corrected chi connectivity index (χ4v) is 1.67. The maximum absolute atomic E-state index is 3.40. The summed E-state index contributed by atoms with van der Waals surface area (Å²) >= 11 is 0. The first-order valence-corrected chi connectivity index (χ1v) is 6.14. The Kier molecular flexibility index (Phi) is 4.42. The van der Waals surface area contributed by atoms with Crippen LogP contribution in [0.3, 0.4) is 0 Å². The topological polar surface area (TPSA) is 24.1 Å². The molecule has 1 atom stereocenters. The summed E-state index contributed by atoms with van der Waals surface area (Å²) in [6.45, 7) is 2.12. The summed E-state index contributed by atoms with van der Waals surface area (Å²) in [5.74, 6) is 0. The molecule has 0 spiro atoms. The van der Waals surface area contributed by atoms with E-state index in [1.165, 1.54) is 0 Å². The van der Waals surface area contributed by atoms with E-state index in [9.17, 15) is 0 Å². The van der Waals surface area contributed by atoms with E-state index < -0.39 is 0 Å². The van der Waals surface area contributed by atoms with Gasteiger partial charge in [-0.15, -0.1) is 0 Å². The van der Waals surface area contributed by atoms with E-state index >= 15 is 0 Å². The third-order valence-corrected chi connectivity index (χ3v) is 2.58. The lowest BCUT2D eigenvalue weighted by Gasteiger charge is -2.11. The average Bonchev–Trinajstić information content (AvgIpc) is 2.41. The summed E-state index contributed by atoms with van der Waals surface area (Å²) in [5, 5.41) is 6.64. The fraction of sp³-hybridized carbons (Fsp3) is 0.125. The summed E-state index contributed by atoms with van der Waals surface area (Å²) in [5.41, 5.74) is 2.23. The number of anilines is 2. The van der Waals surface area contributed by atoms with Crippen molar-refractivity contribution < 1.29 is 0 Å². The molecule has 0 aromatic heterocycles. The Labute approximate surface area is 108 Å². The van der Waals surface area contributed by atoms with Crippen LogP contribution in [0, 0.1) is 0 Å². The second-order valence-corrected chi connectivity index (χ2v) is 4.17. The van der Waals surface area contributed by atoms with Gasteiger partial charge in [0.25, 0.3) is 0 Å². The normalized spacial score (nSPS) is 12.3. The SMILES string of the molecule is C[C@@H](/C=C/Nc1ccccc1)Nc1ccccc1. The standard InChI is InChI=1S/C16H18N2/c1-14(18-16-10-6-3-7-11-16)12-13-17-15-8-4-2-5-9-15/h2-14,17-18H,1H3/b13-12+/t14-/m0/s1. The molecule has 2 rings (SSSR count). The smallest absolute Gasteiger partial charge is 0.0433 e. The maximum Gasteiger partial charge on any atom is 0.0433 e. The third kappa shape index (κ3) is 3.98. The van der Waals surface area contributed by atoms with Crippen LogP contribution in [0.2, 0.25) is 0 Å². The monoisotopic (exact) mass is 238 g/mol. The molecule has 0 saturated heterocycles. The molecule has 0 saturated carbocycles. The van der Waals surface area contributed by atoms with Crippen molar-refractivity contribution in [2.45, 2.75) is 13.0 Å². The van der Waals surface area contributed by atoms with Crippen LogP contribution >= 0.6 is 0 Å². The van der Waals surface area contributed by atoms with Gasteiger partial charge in [0.15, 0.2) is 0 Å². The van der Waals surface area contributed by atoms with Crippen molar-refractivity contribution >= 4 is 11.4 Å². The van der Waals surface area contributed by atoms with E-state index in [-0.39, 0.29) is 6.04 Å². The van der Waals surface area contributed by atoms with E-state index in [1.54, 1.807) is 0 Å². The van der Waals surface area contributed by atoms with Crippen molar-refractivity contribution in [3.8, 4) is 0 Å². The van der Waals surface area contributed by atoms with Crippen LogP contribution in [0.4, 0.5) is 11.4 Å². The first-order valence-electron chi connectivity index (χ1n) is 6.14. The van der Waals surface area contributed by atoms with Crippen LogP contribution in [0.15, 0.2) is 72.9 Å². The van der Waals surface area contributed by atoms with Crippen LogP contribution in [-0.2, 0) is 0 Å². The Morgan fingerprint density at radius 3 is 2.00 bits per heavy atom. The maximum atomic E-state index is 3.40. The predicted molar refractivity (Wildman–Crippen MR) is 78.7 cm³/mol. The van der Waals surface area contributed by atoms with Crippen LogP contribution in [0.25, 0.3) is 0 Å². The molecule has 18 heavy (non-hydrogen) atoms. The largest absolute Gasteiger partial charge is 0.379 e. The molecule has 0 bridgehead atoms. The summed E-state index contributed by atoms with van der Waals surface area (Å²) in [6, 6.07) is 20.6. The van der Waals surface area contributed by atoms with Gasteiger partial charge >= 0.3 is 0 Å². The van der Waals surface area contributed by atoms with E-state index in [0.29, 0.717) is 0 Å². The minimum atomic E-state index is 0.281. The number of para-hydroxylation sites is 2. The first kappa shape index (κ1) is 12.2. The van der Waals surface area contributed by atoms with Crippen LogP contribution in [0.5, 0.6) is 0 Å². The zero-order chi connectivity index (χ0) is 12.6. The van der Waals surface area contributed by atoms with Gasteiger partial charge in [-0.25, -0.2) is 0 Å². The third-order valence-electron chi connectivity index (χ3n) is 2.58. The molecule has 92 valence electrons. The molecule has 0 aliphatic heterocycles. The van der Waals surface area contributed by atoms with Gasteiger partial charge in [-0.2, -0.15) is 0 Å². The van der Waals surface area contributed by atoms with E-state index in [1.807, 2.05) is 54.7 Å². The number of hydrogen-bond acceptors (Lipinski definition) is 2. The Bertz CT molecular complexity index is 477. The Balaban J connectivity index is 1.82. The Morgan fingerprint density at radius 1 is 0.833 bits per heavy atom. The average molecular weight is 238 g/mol. The molecule has 0 heterocycles. The van der Waals surface area contributed by atoms with E-state index in [2.05, 4.69) is 35.8 Å². The summed E-state index contributed by atoms with van der Waals surface area (Å²) in [7, 11) is 0. The highest BCUT2D eigenvalue weighted by atomic mass is 14.9. The fourth-order valence-electron chi connectivity index (χ4n) is 1.67. The van der Waals surface area contributed by atoms with Crippen molar-refractivity contribution in [1.29, 1.82) is 0 Å². The van der Waals surface area contributed by atoms with Crippen LogP contribution in [-0.4, -0.2) is 6.04 Å². The highest BCUT2D eigenvalue weighted by Gasteiger charge is 1.95. The molecule has 0 aliphatic carbocycles. The lowest BCUT2D eigenvalue weighted by atomic mass is 10.2. The van der Waals surface area contributed by atoms with Crippen molar-refractivity contribution in [3.05, 3.63) is 72.9 Å². The van der Waals surface area contributed by atoms with Crippen molar-refractivity contribution in [2.75, 3.05) is 10.6 Å². The van der Waals surface area contributed by atoms with Gasteiger partial charge in [-0.1, -0.05) is 36.4 Å². The minimum Gasteiger partial charge on any atom is -0.379 e. The van der Waals surface area contributed by atoms with Crippen LogP contribution < -0.4 is 10.6 Å². The van der Waals surface area contributed by atoms with E-state index in [0.717, 1.165) is 11.4 Å². The minimum absolute atomic E-state index is 0.281. The summed E-state index contributed by atoms with van der Waals surface area (Å²) in [4.78, 5) is 0. The zero-order valence-corrected chi connectivity index (χ0v) is 10.5. The molecule has 0 radical (unpaired) electrons. The molecule has 2 aromatic carbocycles. The molecule has 2 heteroatoms. The number of benzene rings is 2. The molecule has 0 unspecified atom stereocenters. The number of hydrogen-bond donors (Lipinski definition) is 2. The molecule has 2 nitrogen and oxygen atoms in total. The zero-order valence-electron chi connectivity index (χ0n) is 10.5. The van der Waals surface area contributed by atoms with Gasteiger partial charge in [0.2, 0.25) is 0 Å². The van der Waals surface area contributed by atoms with Crippen molar-refractivity contribution in [2.24, 2.45) is 0 Å². The molecule has 2 N–H and O–H groups in total. The molecule has 0 amide bonds. The second-order valence-electron chi connectivity index (χ2n) is 4.17. The van der Waals surface area contributed by atoms with Gasteiger partial charge in [0.05, 0.1) is 0 Å². The predicted octanol–water partition coefficient (Wildman–Crippen LogP) is 4.11. The lowest BCUT2D eigenvalue weighted by molar-refractivity contribution is 0.996. The van der Waals surface area contributed by atoms with Crippen molar-refractivity contribution in [3.63, 3.8) is 0 Å². The summed E-state index contributed by atoms with van der Waals surface area (Å²) < 4.78 is 0. The van der Waals surface area contributed by atoms with Crippen LogP contribution in [0.1, 0.15) is 6.92 Å². The first-order chi connectivity index (χ1) is 8.84. The molecule has 0 fully saturated rings. The quantitative estimate of drug-likeness (QED) is 0.819. The highest BCUT2D eigenvalue weighted by Crippen LogP contribution is 2.08. The lowest BCUT2D eigenvalue weighted by Crippen LogP contribution is -2.12. The van der Waals surface area contributed by atoms with Gasteiger partial charge < -0.3 is 10.6 Å². The molecular formula is C16H18N2. The summed E-state index contributed by atoms with van der Waals surface area (Å²) in [6.07, 6.45) is 4.07. The number of nitrogens with one attached hydrogen (secondary N) is 2. The van der Waals surface area contributed by atoms with E-state index in [4.69, 9.17) is 0 Å². The molecule has 2 aromatic rings. The Hall–Kier alpha value is -2.22. The molecule has 0 aliphatic rings.